The maximum Gasteiger partial charge on any atom is 0.251 e. The van der Waals surface area contributed by atoms with E-state index in [9.17, 15) is 9.90 Å². The highest BCUT2D eigenvalue weighted by Gasteiger charge is 2.24. The Balaban J connectivity index is 2.46. The molecule has 2 atom stereocenters. The fourth-order valence-corrected chi connectivity index (χ4v) is 1.77. The number of carbonyl (C=O) groups excluding carboxylic acids is 1. The zero-order valence-electron chi connectivity index (χ0n) is 8.49. The lowest BCUT2D eigenvalue weighted by Crippen LogP contribution is -2.44. The van der Waals surface area contributed by atoms with Crippen LogP contribution in [0, 0.1) is 5.92 Å². The van der Waals surface area contributed by atoms with Crippen molar-refractivity contribution in [1.29, 1.82) is 0 Å². The SMILES string of the molecule is CC[C@@H](O)C(=O)N1CCCC(C)C1. The van der Waals surface area contributed by atoms with Crippen molar-refractivity contribution in [2.75, 3.05) is 13.1 Å². The van der Waals surface area contributed by atoms with Gasteiger partial charge in [-0.05, 0) is 25.2 Å². The molecule has 3 heteroatoms. The van der Waals surface area contributed by atoms with Crippen LogP contribution in [0.4, 0.5) is 0 Å². The van der Waals surface area contributed by atoms with Crippen LogP contribution in [0.5, 0.6) is 0 Å². The minimum absolute atomic E-state index is 0.0888. The van der Waals surface area contributed by atoms with Crippen molar-refractivity contribution in [1.82, 2.24) is 4.90 Å². The molecular formula is C10H19NO2. The van der Waals surface area contributed by atoms with Gasteiger partial charge in [-0.15, -0.1) is 0 Å². The van der Waals surface area contributed by atoms with E-state index in [0.717, 1.165) is 19.5 Å². The normalized spacial score (nSPS) is 25.8. The van der Waals surface area contributed by atoms with Crippen LogP contribution in [0.25, 0.3) is 0 Å². The van der Waals surface area contributed by atoms with E-state index in [0.29, 0.717) is 12.3 Å². The van der Waals surface area contributed by atoms with E-state index in [2.05, 4.69) is 6.92 Å². The van der Waals surface area contributed by atoms with E-state index in [1.54, 1.807) is 4.90 Å². The maximum absolute atomic E-state index is 11.6. The number of hydrogen-bond donors (Lipinski definition) is 1. The van der Waals surface area contributed by atoms with Crippen LogP contribution in [-0.4, -0.2) is 35.1 Å². The molecule has 0 radical (unpaired) electrons. The average molecular weight is 185 g/mol. The van der Waals surface area contributed by atoms with Gasteiger partial charge in [0, 0.05) is 13.1 Å². The topological polar surface area (TPSA) is 40.5 Å². The lowest BCUT2D eigenvalue weighted by molar-refractivity contribution is -0.142. The second-order valence-electron chi connectivity index (χ2n) is 3.96. The van der Waals surface area contributed by atoms with Crippen LogP contribution in [0.1, 0.15) is 33.1 Å². The molecule has 1 unspecified atom stereocenters. The highest BCUT2D eigenvalue weighted by Crippen LogP contribution is 2.16. The molecule has 1 aliphatic rings. The number of nitrogens with zero attached hydrogens (tertiary/aromatic N) is 1. The highest BCUT2D eigenvalue weighted by molar-refractivity contribution is 5.80. The van der Waals surface area contributed by atoms with Crippen molar-refractivity contribution in [2.45, 2.75) is 39.2 Å². The summed E-state index contributed by atoms with van der Waals surface area (Å²) in [6, 6.07) is 0. The predicted octanol–water partition coefficient (Wildman–Crippen LogP) is 1.02. The van der Waals surface area contributed by atoms with Crippen molar-refractivity contribution < 1.29 is 9.90 Å². The van der Waals surface area contributed by atoms with Gasteiger partial charge in [-0.3, -0.25) is 4.79 Å². The standard InChI is InChI=1S/C10H19NO2/c1-3-9(12)10(13)11-6-4-5-8(2)7-11/h8-9,12H,3-7H2,1-2H3/t8?,9-/m1/s1. The number of amides is 1. The zero-order valence-corrected chi connectivity index (χ0v) is 8.49. The quantitative estimate of drug-likeness (QED) is 0.697. The van der Waals surface area contributed by atoms with Gasteiger partial charge in [0.2, 0.25) is 0 Å². The van der Waals surface area contributed by atoms with Gasteiger partial charge in [-0.1, -0.05) is 13.8 Å². The number of aliphatic hydroxyl groups excluding tert-OH is 1. The molecule has 0 aromatic carbocycles. The van der Waals surface area contributed by atoms with E-state index in [1.807, 2.05) is 6.92 Å². The highest BCUT2D eigenvalue weighted by atomic mass is 16.3. The molecule has 0 aromatic rings. The Labute approximate surface area is 79.7 Å². The maximum atomic E-state index is 11.6. The molecule has 76 valence electrons. The first-order chi connectivity index (χ1) is 6.15. The van der Waals surface area contributed by atoms with Gasteiger partial charge in [0.15, 0.2) is 0 Å². The summed E-state index contributed by atoms with van der Waals surface area (Å²) in [7, 11) is 0. The molecule has 1 rings (SSSR count). The average Bonchev–Trinajstić information content (AvgIpc) is 2.15. The second-order valence-corrected chi connectivity index (χ2v) is 3.96. The minimum atomic E-state index is -0.787. The summed E-state index contributed by atoms with van der Waals surface area (Å²) in [5.74, 6) is 0.496. The number of carbonyl (C=O) groups is 1. The predicted molar refractivity (Wildman–Crippen MR) is 51.3 cm³/mol. The lowest BCUT2D eigenvalue weighted by Gasteiger charge is -2.32. The molecule has 1 N–H and O–H groups in total. The monoisotopic (exact) mass is 185 g/mol. The van der Waals surface area contributed by atoms with Gasteiger partial charge in [-0.2, -0.15) is 0 Å². The fourth-order valence-electron chi connectivity index (χ4n) is 1.77. The first kappa shape index (κ1) is 10.5. The molecule has 0 aliphatic carbocycles. The molecule has 1 saturated heterocycles. The molecule has 0 saturated carbocycles. The van der Waals surface area contributed by atoms with E-state index in [-0.39, 0.29) is 5.91 Å². The molecule has 13 heavy (non-hydrogen) atoms. The van der Waals surface area contributed by atoms with Crippen LogP contribution in [0.2, 0.25) is 0 Å². The van der Waals surface area contributed by atoms with Crippen molar-refractivity contribution in [3.63, 3.8) is 0 Å². The van der Waals surface area contributed by atoms with Crippen LogP contribution in [0.15, 0.2) is 0 Å². The van der Waals surface area contributed by atoms with Gasteiger partial charge in [0.1, 0.15) is 6.10 Å². The van der Waals surface area contributed by atoms with E-state index in [1.165, 1.54) is 6.42 Å². The zero-order chi connectivity index (χ0) is 9.84. The Morgan fingerprint density at radius 1 is 1.69 bits per heavy atom. The summed E-state index contributed by atoms with van der Waals surface area (Å²) in [6.45, 7) is 5.61. The van der Waals surface area contributed by atoms with Gasteiger partial charge < -0.3 is 10.0 Å². The number of rotatable bonds is 2. The van der Waals surface area contributed by atoms with Crippen molar-refractivity contribution >= 4 is 5.91 Å². The van der Waals surface area contributed by atoms with Crippen molar-refractivity contribution in [3.05, 3.63) is 0 Å². The lowest BCUT2D eigenvalue weighted by atomic mass is 10.00. The number of hydrogen-bond acceptors (Lipinski definition) is 2. The largest absolute Gasteiger partial charge is 0.383 e. The molecular weight excluding hydrogens is 166 g/mol. The summed E-state index contributed by atoms with van der Waals surface area (Å²) in [4.78, 5) is 13.3. The smallest absolute Gasteiger partial charge is 0.251 e. The summed E-state index contributed by atoms with van der Waals surface area (Å²) < 4.78 is 0. The number of piperidine rings is 1. The third-order valence-corrected chi connectivity index (χ3v) is 2.64. The number of likely N-dealkylation sites (tertiary alicyclic amines) is 1. The summed E-state index contributed by atoms with van der Waals surface area (Å²) in [5, 5.41) is 9.37. The second kappa shape index (κ2) is 4.61. The van der Waals surface area contributed by atoms with Crippen LogP contribution < -0.4 is 0 Å². The molecule has 0 bridgehead atoms. The van der Waals surface area contributed by atoms with Crippen molar-refractivity contribution in [3.8, 4) is 0 Å². The summed E-state index contributed by atoms with van der Waals surface area (Å²) >= 11 is 0. The van der Waals surface area contributed by atoms with Crippen LogP contribution in [0.3, 0.4) is 0 Å². The van der Waals surface area contributed by atoms with E-state index >= 15 is 0 Å². The van der Waals surface area contributed by atoms with Gasteiger partial charge >= 0.3 is 0 Å². The van der Waals surface area contributed by atoms with Gasteiger partial charge in [0.25, 0.3) is 5.91 Å². The molecule has 3 nitrogen and oxygen atoms in total. The molecule has 1 aliphatic heterocycles. The summed E-state index contributed by atoms with van der Waals surface area (Å²) in [6.07, 6.45) is 2.00. The van der Waals surface area contributed by atoms with Crippen LogP contribution >= 0.6 is 0 Å². The Bertz CT molecular complexity index is 182. The first-order valence-electron chi connectivity index (χ1n) is 5.12. The van der Waals surface area contributed by atoms with Gasteiger partial charge in [-0.25, -0.2) is 0 Å². The molecule has 0 aromatic heterocycles. The summed E-state index contributed by atoms with van der Waals surface area (Å²) in [5.41, 5.74) is 0. The Morgan fingerprint density at radius 2 is 2.38 bits per heavy atom. The Hall–Kier alpha value is -0.570. The third-order valence-electron chi connectivity index (χ3n) is 2.64. The third kappa shape index (κ3) is 2.69. The Morgan fingerprint density at radius 3 is 2.92 bits per heavy atom. The molecule has 1 amide bonds. The molecule has 1 fully saturated rings. The van der Waals surface area contributed by atoms with E-state index < -0.39 is 6.10 Å². The minimum Gasteiger partial charge on any atom is -0.383 e. The number of aliphatic hydroxyl groups is 1. The molecule has 1 heterocycles. The molecule has 0 spiro atoms. The van der Waals surface area contributed by atoms with Crippen LogP contribution in [-0.2, 0) is 4.79 Å². The van der Waals surface area contributed by atoms with E-state index in [4.69, 9.17) is 0 Å². The Kier molecular flexibility index (Phi) is 3.72. The van der Waals surface area contributed by atoms with Crippen molar-refractivity contribution in [2.24, 2.45) is 5.92 Å². The fraction of sp³-hybridized carbons (Fsp3) is 0.900. The van der Waals surface area contributed by atoms with Gasteiger partial charge in [0.05, 0.1) is 0 Å². The first-order valence-corrected chi connectivity index (χ1v) is 5.12.